The first-order valence-electron chi connectivity index (χ1n) is 6.44. The maximum atomic E-state index is 11.1. The van der Waals surface area contributed by atoms with Gasteiger partial charge < -0.3 is 11.1 Å². The van der Waals surface area contributed by atoms with E-state index in [4.69, 9.17) is 5.73 Å². The first-order chi connectivity index (χ1) is 10.1. The van der Waals surface area contributed by atoms with Crippen LogP contribution in [0.4, 0.5) is 11.4 Å². The number of carbonyl (C=O) groups is 1. The molecule has 0 saturated heterocycles. The molecule has 3 N–H and O–H groups in total. The molecule has 0 unspecified atom stereocenters. The number of nitrogens with one attached hydrogen (secondary N) is 1. The van der Waals surface area contributed by atoms with E-state index in [1.807, 2.05) is 30.3 Å². The van der Waals surface area contributed by atoms with Gasteiger partial charge in [0.2, 0.25) is 5.91 Å². The summed E-state index contributed by atoms with van der Waals surface area (Å²) in [6, 6.07) is 14.0. The van der Waals surface area contributed by atoms with Crippen LogP contribution in [0.25, 0.3) is 0 Å². The molecule has 0 fully saturated rings. The van der Waals surface area contributed by atoms with Crippen molar-refractivity contribution in [1.29, 1.82) is 0 Å². The van der Waals surface area contributed by atoms with E-state index < -0.39 is 10.8 Å². The maximum absolute atomic E-state index is 11.1. The second-order valence-electron chi connectivity index (χ2n) is 4.52. The van der Waals surface area contributed by atoms with Crippen molar-refractivity contribution in [3.63, 3.8) is 0 Å². The molecule has 6 heteroatoms. The number of nitrogens with zero attached hydrogens (tertiary/aromatic N) is 1. The van der Waals surface area contributed by atoms with Crippen LogP contribution in [-0.4, -0.2) is 17.4 Å². The van der Waals surface area contributed by atoms with Gasteiger partial charge in [0.05, 0.1) is 4.92 Å². The molecule has 0 radical (unpaired) electrons. The second-order valence-corrected chi connectivity index (χ2v) is 4.52. The highest BCUT2D eigenvalue weighted by Crippen LogP contribution is 2.25. The van der Waals surface area contributed by atoms with Crippen molar-refractivity contribution in [3.8, 4) is 0 Å². The molecule has 0 aromatic heterocycles. The molecule has 0 atom stereocenters. The zero-order chi connectivity index (χ0) is 15.2. The Bertz CT molecular complexity index is 656. The van der Waals surface area contributed by atoms with Gasteiger partial charge in [0.1, 0.15) is 5.69 Å². The Morgan fingerprint density at radius 2 is 1.90 bits per heavy atom. The molecular formula is C15H15N3O3. The number of hydrogen-bond acceptors (Lipinski definition) is 4. The Balaban J connectivity index is 2.09. The van der Waals surface area contributed by atoms with Crippen LogP contribution >= 0.6 is 0 Å². The highest BCUT2D eigenvalue weighted by molar-refractivity contribution is 5.94. The molecule has 0 heterocycles. The van der Waals surface area contributed by atoms with Gasteiger partial charge in [-0.3, -0.25) is 14.9 Å². The number of amides is 1. The largest absolute Gasteiger partial charge is 0.379 e. The van der Waals surface area contributed by atoms with Gasteiger partial charge in [-0.25, -0.2) is 0 Å². The lowest BCUT2D eigenvalue weighted by molar-refractivity contribution is -0.384. The van der Waals surface area contributed by atoms with Gasteiger partial charge in [-0.15, -0.1) is 0 Å². The average Bonchev–Trinajstić information content (AvgIpc) is 2.48. The lowest BCUT2D eigenvalue weighted by Crippen LogP contribution is -2.12. The molecule has 108 valence electrons. The van der Waals surface area contributed by atoms with Crippen LogP contribution in [-0.2, 0) is 6.42 Å². The molecule has 0 bridgehead atoms. The monoisotopic (exact) mass is 285 g/mol. The fourth-order valence-corrected chi connectivity index (χ4v) is 1.97. The predicted octanol–water partition coefficient (Wildman–Crippen LogP) is 2.35. The Labute approximate surface area is 121 Å². The SMILES string of the molecule is NC(=O)c1ccc(NCCc2ccccc2)c([N+](=O)[O-])c1. The van der Waals surface area contributed by atoms with Crippen molar-refractivity contribution < 1.29 is 9.72 Å². The van der Waals surface area contributed by atoms with E-state index in [-0.39, 0.29) is 11.3 Å². The van der Waals surface area contributed by atoms with E-state index in [0.29, 0.717) is 12.2 Å². The Hall–Kier alpha value is -2.89. The number of carbonyl (C=O) groups excluding carboxylic acids is 1. The highest BCUT2D eigenvalue weighted by atomic mass is 16.6. The molecule has 2 aromatic rings. The number of nitrogens with two attached hydrogens (primary N) is 1. The quantitative estimate of drug-likeness (QED) is 0.628. The zero-order valence-corrected chi connectivity index (χ0v) is 11.3. The van der Waals surface area contributed by atoms with Crippen LogP contribution in [0, 0.1) is 10.1 Å². The van der Waals surface area contributed by atoms with Crippen molar-refractivity contribution in [2.45, 2.75) is 6.42 Å². The lowest BCUT2D eigenvalue weighted by atomic mass is 10.1. The number of nitro benzene ring substituents is 1. The van der Waals surface area contributed by atoms with Gasteiger partial charge in [0, 0.05) is 18.2 Å². The van der Waals surface area contributed by atoms with E-state index in [1.54, 1.807) is 0 Å². The third kappa shape index (κ3) is 3.79. The molecule has 0 aliphatic heterocycles. The summed E-state index contributed by atoms with van der Waals surface area (Å²) in [6.07, 6.45) is 0.746. The Morgan fingerprint density at radius 3 is 2.52 bits per heavy atom. The zero-order valence-electron chi connectivity index (χ0n) is 11.3. The van der Waals surface area contributed by atoms with Crippen LogP contribution < -0.4 is 11.1 Å². The lowest BCUT2D eigenvalue weighted by Gasteiger charge is -2.08. The minimum Gasteiger partial charge on any atom is -0.379 e. The van der Waals surface area contributed by atoms with Crippen molar-refractivity contribution in [3.05, 3.63) is 69.8 Å². The minimum atomic E-state index is -0.686. The molecular weight excluding hydrogens is 270 g/mol. The number of hydrogen-bond donors (Lipinski definition) is 2. The van der Waals surface area contributed by atoms with Crippen LogP contribution in [0.3, 0.4) is 0 Å². The summed E-state index contributed by atoms with van der Waals surface area (Å²) in [5, 5.41) is 14.1. The van der Waals surface area contributed by atoms with Crippen molar-refractivity contribution in [2.75, 3.05) is 11.9 Å². The molecule has 0 spiro atoms. The van der Waals surface area contributed by atoms with E-state index >= 15 is 0 Å². The van der Waals surface area contributed by atoms with E-state index in [9.17, 15) is 14.9 Å². The van der Waals surface area contributed by atoms with Crippen molar-refractivity contribution in [1.82, 2.24) is 0 Å². The first kappa shape index (κ1) is 14.5. The molecule has 0 saturated carbocycles. The molecule has 1 amide bonds. The fourth-order valence-electron chi connectivity index (χ4n) is 1.97. The summed E-state index contributed by atoms with van der Waals surface area (Å²) < 4.78 is 0. The smallest absolute Gasteiger partial charge is 0.293 e. The summed E-state index contributed by atoms with van der Waals surface area (Å²) in [4.78, 5) is 21.6. The molecule has 6 nitrogen and oxygen atoms in total. The molecule has 2 rings (SSSR count). The number of benzene rings is 2. The minimum absolute atomic E-state index is 0.121. The molecule has 2 aromatic carbocycles. The second kappa shape index (κ2) is 6.51. The Kier molecular flexibility index (Phi) is 4.50. The van der Waals surface area contributed by atoms with E-state index in [0.717, 1.165) is 12.0 Å². The predicted molar refractivity (Wildman–Crippen MR) is 80.3 cm³/mol. The molecule has 0 aliphatic rings. The summed E-state index contributed by atoms with van der Waals surface area (Å²) in [5.74, 6) is -0.686. The average molecular weight is 285 g/mol. The topological polar surface area (TPSA) is 98.3 Å². The van der Waals surface area contributed by atoms with Crippen LogP contribution in [0.2, 0.25) is 0 Å². The van der Waals surface area contributed by atoms with Crippen LogP contribution in [0.1, 0.15) is 15.9 Å². The van der Waals surface area contributed by atoms with Gasteiger partial charge in [-0.2, -0.15) is 0 Å². The number of primary amides is 1. The highest BCUT2D eigenvalue weighted by Gasteiger charge is 2.16. The maximum Gasteiger partial charge on any atom is 0.293 e. The van der Waals surface area contributed by atoms with Crippen LogP contribution in [0.15, 0.2) is 48.5 Å². The van der Waals surface area contributed by atoms with Gasteiger partial charge in [-0.05, 0) is 24.1 Å². The number of rotatable bonds is 6. The third-order valence-corrected chi connectivity index (χ3v) is 3.05. The fraction of sp³-hybridized carbons (Fsp3) is 0.133. The Morgan fingerprint density at radius 1 is 1.19 bits per heavy atom. The number of anilines is 1. The van der Waals surface area contributed by atoms with E-state index in [1.165, 1.54) is 18.2 Å². The summed E-state index contributed by atoms with van der Waals surface area (Å²) >= 11 is 0. The van der Waals surface area contributed by atoms with E-state index in [2.05, 4.69) is 5.32 Å². The third-order valence-electron chi connectivity index (χ3n) is 3.05. The number of nitro groups is 1. The summed E-state index contributed by atoms with van der Waals surface area (Å²) in [7, 11) is 0. The van der Waals surface area contributed by atoms with Gasteiger partial charge in [-0.1, -0.05) is 30.3 Å². The molecule has 21 heavy (non-hydrogen) atoms. The normalized spacial score (nSPS) is 10.1. The first-order valence-corrected chi connectivity index (χ1v) is 6.44. The van der Waals surface area contributed by atoms with Crippen molar-refractivity contribution >= 4 is 17.3 Å². The van der Waals surface area contributed by atoms with Gasteiger partial charge in [0.25, 0.3) is 5.69 Å². The molecule has 0 aliphatic carbocycles. The van der Waals surface area contributed by atoms with Gasteiger partial charge >= 0.3 is 0 Å². The standard InChI is InChI=1S/C15H15N3O3/c16-15(19)12-6-7-13(14(10-12)18(20)21)17-9-8-11-4-2-1-3-5-11/h1-7,10,17H,8-9H2,(H2,16,19). The van der Waals surface area contributed by atoms with Crippen LogP contribution in [0.5, 0.6) is 0 Å². The van der Waals surface area contributed by atoms with Gasteiger partial charge in [0.15, 0.2) is 0 Å². The van der Waals surface area contributed by atoms with Crippen molar-refractivity contribution in [2.24, 2.45) is 5.73 Å². The summed E-state index contributed by atoms with van der Waals surface area (Å²) in [6.45, 7) is 0.556. The summed E-state index contributed by atoms with van der Waals surface area (Å²) in [5.41, 5.74) is 6.61.